The zero-order valence-corrected chi connectivity index (χ0v) is 18.0. The molecule has 0 radical (unpaired) electrons. The Morgan fingerprint density at radius 2 is 2.09 bits per heavy atom. The first-order valence-corrected chi connectivity index (χ1v) is 10.5. The summed E-state index contributed by atoms with van der Waals surface area (Å²) in [5.41, 5.74) is 1.63. The summed E-state index contributed by atoms with van der Waals surface area (Å²) in [4.78, 5) is 39.1. The van der Waals surface area contributed by atoms with Gasteiger partial charge in [-0.3, -0.25) is 14.4 Å². The van der Waals surface area contributed by atoms with Crippen LogP contribution >= 0.6 is 0 Å². The zero-order valence-electron chi connectivity index (χ0n) is 18.0. The predicted molar refractivity (Wildman–Crippen MR) is 122 cm³/mol. The van der Waals surface area contributed by atoms with Crippen molar-refractivity contribution in [3.8, 4) is 6.07 Å². The van der Waals surface area contributed by atoms with Crippen molar-refractivity contribution in [2.75, 3.05) is 5.32 Å². The minimum absolute atomic E-state index is 0.0992. The number of nitrogens with one attached hydrogen (secondary N) is 4. The van der Waals surface area contributed by atoms with Gasteiger partial charge >= 0.3 is 0 Å². The number of anilines is 1. The highest BCUT2D eigenvalue weighted by Crippen LogP contribution is 2.37. The largest absolute Gasteiger partial charge is 0.616 e. The molecule has 4 N–H and O–H groups in total. The Bertz CT molecular complexity index is 1260. The first-order chi connectivity index (χ1) is 15.8. The number of rotatable bonds is 7. The second-order valence-corrected chi connectivity index (χ2v) is 8.20. The molecule has 0 saturated heterocycles. The summed E-state index contributed by atoms with van der Waals surface area (Å²) in [6, 6.07) is 8.56. The van der Waals surface area contributed by atoms with Crippen LogP contribution in [0.1, 0.15) is 56.9 Å². The minimum atomic E-state index is -0.945. The summed E-state index contributed by atoms with van der Waals surface area (Å²) in [5.74, 6) is 5.20. The number of hydrogen-bond donors (Lipinski definition) is 3. The van der Waals surface area contributed by atoms with E-state index in [-0.39, 0.29) is 11.3 Å². The predicted octanol–water partition coefficient (Wildman–Crippen LogP) is 2.76. The number of nitrogens with zero attached hydrogens (tertiary/aromatic N) is 3. The Balaban J connectivity index is 1.63. The van der Waals surface area contributed by atoms with Gasteiger partial charge in [-0.1, -0.05) is 6.07 Å². The van der Waals surface area contributed by atoms with Crippen molar-refractivity contribution in [2.24, 2.45) is 5.10 Å². The van der Waals surface area contributed by atoms with E-state index in [1.807, 2.05) is 6.07 Å². The molecule has 1 aromatic heterocycles. The van der Waals surface area contributed by atoms with E-state index in [9.17, 15) is 14.4 Å². The quantitative estimate of drug-likeness (QED) is 0.259. The van der Waals surface area contributed by atoms with Crippen molar-refractivity contribution in [1.82, 2.24) is 9.88 Å². The normalized spacial score (nSPS) is 15.8. The first kappa shape index (κ1) is 22.0. The zero-order chi connectivity index (χ0) is 23.8. The topological polar surface area (TPSA) is 164 Å². The Labute approximate surface area is 190 Å². The molecule has 1 fully saturated rings. The summed E-state index contributed by atoms with van der Waals surface area (Å²) in [7, 11) is 0. The van der Waals surface area contributed by atoms with Crippen molar-refractivity contribution >= 4 is 35.2 Å². The van der Waals surface area contributed by atoms with Crippen LogP contribution in [0.15, 0.2) is 29.4 Å². The average molecular weight is 444 g/mol. The van der Waals surface area contributed by atoms with Gasteiger partial charge in [0.1, 0.15) is 5.69 Å². The van der Waals surface area contributed by atoms with Crippen molar-refractivity contribution in [3.05, 3.63) is 58.2 Å². The van der Waals surface area contributed by atoms with Gasteiger partial charge in [-0.25, -0.2) is 0 Å². The molecular formula is C23H22N7O3-. The van der Waals surface area contributed by atoms with E-state index in [2.05, 4.69) is 15.7 Å². The Kier molecular flexibility index (Phi) is 5.55. The Hall–Kier alpha value is -4.26. The van der Waals surface area contributed by atoms with Crippen LogP contribution in [0.4, 0.5) is 5.69 Å². The lowest BCUT2D eigenvalue weighted by Gasteiger charge is -2.18. The third-order valence-corrected chi connectivity index (χ3v) is 6.16. The fraction of sp³-hybridized carbons (Fsp3) is 0.304. The van der Waals surface area contributed by atoms with Crippen molar-refractivity contribution in [3.63, 3.8) is 0 Å². The van der Waals surface area contributed by atoms with Crippen molar-refractivity contribution in [1.29, 1.82) is 10.7 Å². The number of fused-ring (bicyclic) bond motifs is 1. The number of Topliss-reactive ketones (excluding diaryl/α,β-unsaturated/α-hetero) is 1. The molecule has 1 aliphatic heterocycles. The van der Waals surface area contributed by atoms with E-state index in [4.69, 9.17) is 16.5 Å². The van der Waals surface area contributed by atoms with E-state index < -0.39 is 23.1 Å². The summed E-state index contributed by atoms with van der Waals surface area (Å²) < 4.78 is 1.78. The maximum absolute atomic E-state index is 13.2. The van der Waals surface area contributed by atoms with E-state index in [0.717, 1.165) is 12.6 Å². The monoisotopic (exact) mass is 444 g/mol. The van der Waals surface area contributed by atoms with Gasteiger partial charge < -0.3 is 31.6 Å². The molecule has 2 aromatic rings. The van der Waals surface area contributed by atoms with Crippen molar-refractivity contribution in [2.45, 2.75) is 44.7 Å². The van der Waals surface area contributed by atoms with E-state index in [1.165, 1.54) is 0 Å². The molecule has 0 spiro atoms. The maximum atomic E-state index is 13.2. The molecule has 0 atom stereocenters. The number of benzene rings is 1. The average Bonchev–Trinajstić information content (AvgIpc) is 3.31. The van der Waals surface area contributed by atoms with Crippen LogP contribution < -0.4 is 10.6 Å². The number of ketones is 1. The number of carbonyl (C=O) groups is 3. The van der Waals surface area contributed by atoms with Gasteiger partial charge in [0, 0.05) is 24.1 Å². The van der Waals surface area contributed by atoms with E-state index >= 15 is 0 Å². The maximum Gasteiger partial charge on any atom is 0.293 e. The molecule has 1 aliphatic carbocycles. The highest BCUT2D eigenvalue weighted by atomic mass is 16.2. The molecule has 168 valence electrons. The van der Waals surface area contributed by atoms with Crippen LogP contribution in [-0.4, -0.2) is 39.6 Å². The van der Waals surface area contributed by atoms with Gasteiger partial charge in [-0.15, -0.1) is 0 Å². The molecule has 33 heavy (non-hydrogen) atoms. The Morgan fingerprint density at radius 3 is 2.73 bits per heavy atom. The summed E-state index contributed by atoms with van der Waals surface area (Å²) in [6.07, 6.45) is 3.23. The standard InChI is InChI=1S/C23H23N7O3/c1-13-18(20(31)22(33)28-23(7-8-23)17(12-25)29-26)16-6-3-9-30(16)19(13)21(32)27-15-5-2-4-14(10-15)11-24/h2,4-5,10,12H,3,6-9H2,1H3,(H5,25,26,27,28,32,33)/p-1. The van der Waals surface area contributed by atoms with Gasteiger partial charge in [-0.2, -0.15) is 5.26 Å². The minimum Gasteiger partial charge on any atom is -0.616 e. The first-order valence-electron chi connectivity index (χ1n) is 10.5. The molecule has 0 unspecified atom stereocenters. The molecule has 2 heterocycles. The number of nitriles is 1. The number of amides is 2. The molecule has 0 bridgehead atoms. The Morgan fingerprint density at radius 1 is 1.33 bits per heavy atom. The van der Waals surface area contributed by atoms with Crippen LogP contribution in [0.2, 0.25) is 0 Å². The third kappa shape index (κ3) is 3.78. The highest BCUT2D eigenvalue weighted by Gasteiger charge is 2.48. The van der Waals surface area contributed by atoms with Crippen LogP contribution in [0.5, 0.6) is 0 Å². The number of hydrogen-bond acceptors (Lipinski definition) is 6. The third-order valence-electron chi connectivity index (χ3n) is 6.16. The fourth-order valence-corrected chi connectivity index (χ4v) is 4.40. The van der Waals surface area contributed by atoms with Gasteiger partial charge in [0.05, 0.1) is 28.4 Å². The fourth-order valence-electron chi connectivity index (χ4n) is 4.40. The molecular weight excluding hydrogens is 422 g/mol. The van der Waals surface area contributed by atoms with Gasteiger partial charge in [0.25, 0.3) is 17.6 Å². The lowest BCUT2D eigenvalue weighted by atomic mass is 10.0. The van der Waals surface area contributed by atoms with E-state index in [0.29, 0.717) is 54.0 Å². The molecule has 2 amide bonds. The lowest BCUT2D eigenvalue weighted by Crippen LogP contribution is -2.46. The number of carbonyl (C=O) groups excluding carboxylic acids is 3. The summed E-state index contributed by atoms with van der Waals surface area (Å²) in [6.45, 7) is 2.20. The second-order valence-electron chi connectivity index (χ2n) is 8.20. The second kappa shape index (κ2) is 8.35. The molecule has 1 saturated carbocycles. The molecule has 4 rings (SSSR count). The smallest absolute Gasteiger partial charge is 0.293 e. The van der Waals surface area contributed by atoms with Crippen LogP contribution in [0.3, 0.4) is 0 Å². The molecule has 2 aliphatic rings. The van der Waals surface area contributed by atoms with Crippen LogP contribution in [0, 0.1) is 23.7 Å². The summed E-state index contributed by atoms with van der Waals surface area (Å²) >= 11 is 0. The van der Waals surface area contributed by atoms with E-state index in [1.54, 1.807) is 35.8 Å². The lowest BCUT2D eigenvalue weighted by molar-refractivity contribution is -0.117. The van der Waals surface area contributed by atoms with Crippen LogP contribution in [-0.2, 0) is 17.8 Å². The van der Waals surface area contributed by atoms with Gasteiger partial charge in [0.15, 0.2) is 0 Å². The van der Waals surface area contributed by atoms with Crippen LogP contribution in [0.25, 0.3) is 5.84 Å². The van der Waals surface area contributed by atoms with Gasteiger partial charge in [-0.05, 0) is 56.4 Å². The van der Waals surface area contributed by atoms with Gasteiger partial charge in [0.2, 0.25) is 0 Å². The summed E-state index contributed by atoms with van der Waals surface area (Å²) in [5, 5.41) is 25.2. The molecule has 1 aromatic carbocycles. The molecule has 10 heteroatoms. The highest BCUT2D eigenvalue weighted by molar-refractivity contribution is 6.45. The molecule has 10 nitrogen and oxygen atoms in total. The number of aromatic nitrogens is 1. The van der Waals surface area contributed by atoms with Crippen molar-refractivity contribution < 1.29 is 14.4 Å². The SMILES string of the molecule is Cc1c(C(=O)C(=O)NC2(C(C=N)=N[NH-])CC2)c2n(c1C(=O)Nc1cccc(C#N)c1)CCC2.